The second kappa shape index (κ2) is 6.42. The second-order valence-corrected chi connectivity index (χ2v) is 5.25. The van der Waals surface area contributed by atoms with E-state index in [2.05, 4.69) is 48.4 Å². The highest BCUT2D eigenvalue weighted by atomic mass is 16.5. The molecule has 0 fully saturated rings. The van der Waals surface area contributed by atoms with E-state index in [1.165, 1.54) is 11.1 Å². The zero-order valence-electron chi connectivity index (χ0n) is 12.6. The third-order valence-electron chi connectivity index (χ3n) is 3.15. The van der Waals surface area contributed by atoms with E-state index in [0.29, 0.717) is 5.88 Å². The van der Waals surface area contributed by atoms with E-state index in [-0.39, 0.29) is 12.1 Å². The first kappa shape index (κ1) is 14.4. The van der Waals surface area contributed by atoms with Crippen LogP contribution in [0.4, 0.5) is 5.69 Å². The predicted octanol–water partition coefficient (Wildman–Crippen LogP) is 4.35. The van der Waals surface area contributed by atoms with Gasteiger partial charge >= 0.3 is 0 Å². The molecule has 0 saturated carbocycles. The average molecular weight is 270 g/mol. The molecule has 0 aliphatic carbocycles. The molecule has 1 aromatic carbocycles. The van der Waals surface area contributed by atoms with Gasteiger partial charge in [0.15, 0.2) is 0 Å². The van der Waals surface area contributed by atoms with Crippen molar-refractivity contribution in [3.63, 3.8) is 0 Å². The van der Waals surface area contributed by atoms with Gasteiger partial charge in [-0.25, -0.2) is 4.98 Å². The van der Waals surface area contributed by atoms with E-state index in [0.717, 1.165) is 5.69 Å². The van der Waals surface area contributed by atoms with Crippen LogP contribution in [0.15, 0.2) is 42.6 Å². The number of hydrogen-bond acceptors (Lipinski definition) is 3. The Morgan fingerprint density at radius 2 is 1.80 bits per heavy atom. The Labute approximate surface area is 121 Å². The molecular formula is C17H22N2O. The zero-order chi connectivity index (χ0) is 14.5. The number of aromatic nitrogens is 1. The summed E-state index contributed by atoms with van der Waals surface area (Å²) in [5.74, 6) is 0.655. The van der Waals surface area contributed by atoms with Crippen molar-refractivity contribution in [3.8, 4) is 5.88 Å². The minimum atomic E-state index is 0.110. The summed E-state index contributed by atoms with van der Waals surface area (Å²) in [6, 6.07) is 12.5. The Morgan fingerprint density at radius 1 is 1.05 bits per heavy atom. The van der Waals surface area contributed by atoms with Crippen molar-refractivity contribution in [1.82, 2.24) is 4.98 Å². The first-order valence-electron chi connectivity index (χ1n) is 7.01. The third-order valence-corrected chi connectivity index (χ3v) is 3.15. The fraction of sp³-hybridized carbons (Fsp3) is 0.353. The molecular weight excluding hydrogens is 248 g/mol. The minimum absolute atomic E-state index is 0.110. The van der Waals surface area contributed by atoms with E-state index in [9.17, 15) is 0 Å². The first-order valence-corrected chi connectivity index (χ1v) is 7.01. The number of pyridine rings is 1. The van der Waals surface area contributed by atoms with Gasteiger partial charge in [0.05, 0.1) is 11.8 Å². The van der Waals surface area contributed by atoms with Crippen LogP contribution in [0, 0.1) is 6.92 Å². The minimum Gasteiger partial charge on any atom is -0.473 e. The lowest BCUT2D eigenvalue weighted by atomic mass is 10.0. The van der Waals surface area contributed by atoms with Crippen molar-refractivity contribution in [2.24, 2.45) is 0 Å². The molecule has 0 amide bonds. The van der Waals surface area contributed by atoms with Gasteiger partial charge in [-0.1, -0.05) is 24.3 Å². The number of nitrogens with zero attached hydrogens (tertiary/aromatic N) is 1. The van der Waals surface area contributed by atoms with E-state index in [4.69, 9.17) is 4.74 Å². The van der Waals surface area contributed by atoms with E-state index >= 15 is 0 Å². The largest absolute Gasteiger partial charge is 0.473 e. The van der Waals surface area contributed by atoms with Gasteiger partial charge in [0.1, 0.15) is 0 Å². The molecule has 20 heavy (non-hydrogen) atoms. The molecule has 3 nitrogen and oxygen atoms in total. The molecule has 1 atom stereocenters. The summed E-state index contributed by atoms with van der Waals surface area (Å²) in [6.45, 7) is 8.28. The average Bonchev–Trinajstić information content (AvgIpc) is 2.41. The molecule has 0 aliphatic rings. The van der Waals surface area contributed by atoms with Crippen molar-refractivity contribution in [3.05, 3.63) is 53.7 Å². The van der Waals surface area contributed by atoms with Crippen molar-refractivity contribution >= 4 is 5.69 Å². The lowest BCUT2D eigenvalue weighted by Gasteiger charge is -2.20. The molecule has 2 aromatic rings. The van der Waals surface area contributed by atoms with Crippen molar-refractivity contribution in [2.45, 2.75) is 39.8 Å². The lowest BCUT2D eigenvalue weighted by Crippen LogP contribution is -2.12. The van der Waals surface area contributed by atoms with E-state index in [1.54, 1.807) is 6.20 Å². The van der Waals surface area contributed by atoms with Gasteiger partial charge in [-0.05, 0) is 51.0 Å². The summed E-state index contributed by atoms with van der Waals surface area (Å²) >= 11 is 0. The maximum atomic E-state index is 5.74. The molecule has 106 valence electrons. The molecule has 2 rings (SSSR count). The van der Waals surface area contributed by atoms with Gasteiger partial charge in [0.2, 0.25) is 5.88 Å². The number of hydrogen-bond donors (Lipinski definition) is 1. The van der Waals surface area contributed by atoms with Crippen LogP contribution in [0.25, 0.3) is 0 Å². The summed E-state index contributed by atoms with van der Waals surface area (Å²) in [4.78, 5) is 4.30. The normalized spacial score (nSPS) is 12.2. The van der Waals surface area contributed by atoms with Crippen LogP contribution in [0.2, 0.25) is 0 Å². The molecule has 0 aliphatic heterocycles. The summed E-state index contributed by atoms with van der Waals surface area (Å²) < 4.78 is 5.74. The molecule has 0 radical (unpaired) electrons. The lowest BCUT2D eigenvalue weighted by molar-refractivity contribution is 0.234. The molecule has 1 unspecified atom stereocenters. The maximum Gasteiger partial charge on any atom is 0.237 e. The number of aryl methyl sites for hydroxylation is 1. The Kier molecular flexibility index (Phi) is 4.61. The van der Waals surface area contributed by atoms with Crippen LogP contribution in [0.5, 0.6) is 5.88 Å². The molecule has 0 bridgehead atoms. The molecule has 1 heterocycles. The molecule has 0 saturated heterocycles. The van der Waals surface area contributed by atoms with Crippen LogP contribution >= 0.6 is 0 Å². The summed E-state index contributed by atoms with van der Waals surface area (Å²) in [5.41, 5.74) is 3.49. The first-order chi connectivity index (χ1) is 9.58. The Bertz CT molecular complexity index is 566. The molecule has 0 spiro atoms. The van der Waals surface area contributed by atoms with E-state index in [1.807, 2.05) is 26.0 Å². The SMILES string of the molecule is Cc1ccccc1C(C)Nc1cccnc1OC(C)C. The topological polar surface area (TPSA) is 34.2 Å². The maximum absolute atomic E-state index is 5.74. The number of anilines is 1. The quantitative estimate of drug-likeness (QED) is 0.877. The van der Waals surface area contributed by atoms with Gasteiger partial charge < -0.3 is 10.1 Å². The Morgan fingerprint density at radius 3 is 2.50 bits per heavy atom. The van der Waals surface area contributed by atoms with Gasteiger partial charge in [0, 0.05) is 12.2 Å². The number of nitrogens with one attached hydrogen (secondary N) is 1. The Hall–Kier alpha value is -2.03. The monoisotopic (exact) mass is 270 g/mol. The van der Waals surface area contributed by atoms with Gasteiger partial charge in [-0.2, -0.15) is 0 Å². The highest BCUT2D eigenvalue weighted by molar-refractivity contribution is 5.54. The Balaban J connectivity index is 2.20. The van der Waals surface area contributed by atoms with E-state index < -0.39 is 0 Å². The predicted molar refractivity (Wildman–Crippen MR) is 83.2 cm³/mol. The van der Waals surface area contributed by atoms with Crippen molar-refractivity contribution in [2.75, 3.05) is 5.32 Å². The molecule has 1 N–H and O–H groups in total. The summed E-state index contributed by atoms with van der Waals surface area (Å²) in [6.07, 6.45) is 1.86. The van der Waals surface area contributed by atoms with Crippen LogP contribution < -0.4 is 10.1 Å². The van der Waals surface area contributed by atoms with Crippen LogP contribution in [-0.2, 0) is 0 Å². The second-order valence-electron chi connectivity index (χ2n) is 5.25. The number of ether oxygens (including phenoxy) is 1. The molecule has 1 aromatic heterocycles. The number of benzene rings is 1. The highest BCUT2D eigenvalue weighted by Crippen LogP contribution is 2.27. The fourth-order valence-corrected chi connectivity index (χ4v) is 2.20. The van der Waals surface area contributed by atoms with Crippen LogP contribution in [0.3, 0.4) is 0 Å². The zero-order valence-corrected chi connectivity index (χ0v) is 12.6. The van der Waals surface area contributed by atoms with Crippen molar-refractivity contribution < 1.29 is 4.74 Å². The molecule has 3 heteroatoms. The summed E-state index contributed by atoms with van der Waals surface area (Å²) in [5, 5.41) is 3.49. The van der Waals surface area contributed by atoms with Gasteiger partial charge in [-0.3, -0.25) is 0 Å². The fourth-order valence-electron chi connectivity index (χ4n) is 2.20. The van der Waals surface area contributed by atoms with Crippen molar-refractivity contribution in [1.29, 1.82) is 0 Å². The highest BCUT2D eigenvalue weighted by Gasteiger charge is 2.12. The van der Waals surface area contributed by atoms with Gasteiger partial charge in [0.25, 0.3) is 0 Å². The van der Waals surface area contributed by atoms with Gasteiger partial charge in [-0.15, -0.1) is 0 Å². The third kappa shape index (κ3) is 3.50. The summed E-state index contributed by atoms with van der Waals surface area (Å²) in [7, 11) is 0. The standard InChI is InChI=1S/C17H22N2O/c1-12(2)20-17-16(10-7-11-18-17)19-14(4)15-9-6-5-8-13(15)3/h5-12,14,19H,1-4H3. The van der Waals surface area contributed by atoms with Crippen LogP contribution in [-0.4, -0.2) is 11.1 Å². The number of rotatable bonds is 5. The van der Waals surface area contributed by atoms with Crippen LogP contribution in [0.1, 0.15) is 37.9 Å². The smallest absolute Gasteiger partial charge is 0.237 e.